The van der Waals surface area contributed by atoms with Gasteiger partial charge in [-0.3, -0.25) is 14.4 Å². The van der Waals surface area contributed by atoms with Crippen molar-refractivity contribution in [3.63, 3.8) is 0 Å². The molecule has 0 amide bonds. The Hall–Kier alpha value is -2.63. The molecule has 0 saturated heterocycles. The summed E-state index contributed by atoms with van der Waals surface area (Å²) in [6.45, 7) is 6.49. The van der Waals surface area contributed by atoms with Crippen molar-refractivity contribution in [1.82, 2.24) is 0 Å². The molecule has 0 aliphatic heterocycles. The highest BCUT2D eigenvalue weighted by atomic mass is 16.6. The summed E-state index contributed by atoms with van der Waals surface area (Å²) in [4.78, 5) is 37.8. The molecule has 58 heavy (non-hydrogen) atoms. The van der Waals surface area contributed by atoms with Crippen molar-refractivity contribution in [1.29, 1.82) is 0 Å². The third kappa shape index (κ3) is 44.5. The molecule has 0 bridgehead atoms. The van der Waals surface area contributed by atoms with Crippen molar-refractivity contribution in [3.8, 4) is 0 Å². The Bertz CT molecular complexity index is 1030. The number of hydrogen-bond donors (Lipinski definition) is 0. The lowest BCUT2D eigenvalue weighted by molar-refractivity contribution is -0.167. The Morgan fingerprint density at radius 2 is 0.672 bits per heavy atom. The number of carbonyl (C=O) groups is 3. The highest BCUT2D eigenvalue weighted by molar-refractivity contribution is 5.71. The number of allylic oxidation sites excluding steroid dienone is 8. The minimum absolute atomic E-state index is 0.0828. The van der Waals surface area contributed by atoms with Gasteiger partial charge < -0.3 is 14.2 Å². The van der Waals surface area contributed by atoms with E-state index in [0.29, 0.717) is 19.3 Å². The standard InChI is InChI=1S/C52H92O6/c1-4-7-10-13-16-19-22-25-26-28-30-33-36-39-42-45-51(54)57-48-49(47-56-50(53)44-41-38-35-32-29-24-21-18-15-12-9-6-3)58-52(55)46-43-40-37-34-31-27-23-20-17-14-11-8-5-2/h7,10,16,19,25-26,30,33,49H,4-6,8-9,11-15,17-18,20-24,27-29,31-32,34-48H2,1-3H3/b10-7-,19-16-,26-25-,33-30-. The molecule has 0 saturated carbocycles. The summed E-state index contributed by atoms with van der Waals surface area (Å²) in [5, 5.41) is 0. The van der Waals surface area contributed by atoms with Gasteiger partial charge in [0, 0.05) is 19.3 Å². The van der Waals surface area contributed by atoms with Gasteiger partial charge in [-0.25, -0.2) is 0 Å². The molecule has 0 N–H and O–H groups in total. The topological polar surface area (TPSA) is 78.9 Å². The van der Waals surface area contributed by atoms with Gasteiger partial charge in [0.05, 0.1) is 0 Å². The second-order valence-corrected chi connectivity index (χ2v) is 16.4. The monoisotopic (exact) mass is 813 g/mol. The summed E-state index contributed by atoms with van der Waals surface area (Å²) in [6.07, 6.45) is 55.2. The molecule has 0 rings (SSSR count). The number of rotatable bonds is 44. The van der Waals surface area contributed by atoms with Crippen LogP contribution in [-0.2, 0) is 28.6 Å². The van der Waals surface area contributed by atoms with Crippen LogP contribution in [0.25, 0.3) is 0 Å². The summed E-state index contributed by atoms with van der Waals surface area (Å²) in [5.74, 6) is -0.920. The van der Waals surface area contributed by atoms with Crippen LogP contribution in [0, 0.1) is 0 Å². The van der Waals surface area contributed by atoms with Gasteiger partial charge in [-0.2, -0.15) is 0 Å². The minimum Gasteiger partial charge on any atom is -0.462 e. The van der Waals surface area contributed by atoms with Crippen LogP contribution in [0.4, 0.5) is 0 Å². The first kappa shape index (κ1) is 55.4. The van der Waals surface area contributed by atoms with Crippen molar-refractivity contribution in [3.05, 3.63) is 48.6 Å². The molecule has 1 atom stereocenters. The predicted octanol–water partition coefficient (Wildman–Crippen LogP) is 15.9. The van der Waals surface area contributed by atoms with Crippen LogP contribution in [0.5, 0.6) is 0 Å². The van der Waals surface area contributed by atoms with Gasteiger partial charge in [0.1, 0.15) is 13.2 Å². The normalized spacial score (nSPS) is 12.4. The van der Waals surface area contributed by atoms with Crippen LogP contribution < -0.4 is 0 Å². The van der Waals surface area contributed by atoms with Crippen molar-refractivity contribution < 1.29 is 28.6 Å². The van der Waals surface area contributed by atoms with E-state index in [0.717, 1.165) is 83.5 Å². The number of esters is 3. The molecule has 0 aromatic rings. The van der Waals surface area contributed by atoms with E-state index in [-0.39, 0.29) is 31.1 Å². The minimum atomic E-state index is -0.784. The molecule has 0 heterocycles. The van der Waals surface area contributed by atoms with Crippen molar-refractivity contribution in [2.75, 3.05) is 13.2 Å². The molecular weight excluding hydrogens is 721 g/mol. The van der Waals surface area contributed by atoms with E-state index < -0.39 is 6.10 Å². The predicted molar refractivity (Wildman–Crippen MR) is 247 cm³/mol. The van der Waals surface area contributed by atoms with Crippen molar-refractivity contribution in [2.45, 2.75) is 252 Å². The lowest BCUT2D eigenvalue weighted by atomic mass is 10.0. The first-order chi connectivity index (χ1) is 28.5. The Labute approximate surface area is 358 Å². The fourth-order valence-electron chi connectivity index (χ4n) is 6.90. The molecule has 0 aliphatic carbocycles. The average molecular weight is 813 g/mol. The van der Waals surface area contributed by atoms with E-state index in [2.05, 4.69) is 69.4 Å². The van der Waals surface area contributed by atoms with Gasteiger partial charge in [-0.05, 0) is 57.8 Å². The van der Waals surface area contributed by atoms with Crippen LogP contribution in [0.15, 0.2) is 48.6 Å². The van der Waals surface area contributed by atoms with Gasteiger partial charge in [-0.1, -0.05) is 217 Å². The smallest absolute Gasteiger partial charge is 0.306 e. The van der Waals surface area contributed by atoms with E-state index in [9.17, 15) is 14.4 Å². The summed E-state index contributed by atoms with van der Waals surface area (Å²) in [6, 6.07) is 0. The number of carbonyl (C=O) groups excluding carboxylic acids is 3. The molecule has 0 aromatic heterocycles. The third-order valence-corrected chi connectivity index (χ3v) is 10.6. The van der Waals surface area contributed by atoms with Gasteiger partial charge in [0.25, 0.3) is 0 Å². The van der Waals surface area contributed by atoms with E-state index in [1.807, 2.05) is 0 Å². The van der Waals surface area contributed by atoms with Crippen molar-refractivity contribution >= 4 is 17.9 Å². The Kier molecular flexibility index (Phi) is 44.9. The maximum Gasteiger partial charge on any atom is 0.306 e. The molecule has 336 valence electrons. The van der Waals surface area contributed by atoms with Gasteiger partial charge in [-0.15, -0.1) is 0 Å². The van der Waals surface area contributed by atoms with Crippen LogP contribution in [-0.4, -0.2) is 37.2 Å². The molecule has 0 fully saturated rings. The fraction of sp³-hybridized carbons (Fsp3) is 0.788. The lowest BCUT2D eigenvalue weighted by Crippen LogP contribution is -2.30. The molecule has 0 radical (unpaired) electrons. The Morgan fingerprint density at radius 1 is 0.362 bits per heavy atom. The molecule has 6 heteroatoms. The van der Waals surface area contributed by atoms with E-state index >= 15 is 0 Å². The van der Waals surface area contributed by atoms with Gasteiger partial charge in [0.15, 0.2) is 6.10 Å². The fourth-order valence-corrected chi connectivity index (χ4v) is 6.90. The zero-order chi connectivity index (χ0) is 42.3. The Morgan fingerprint density at radius 3 is 1.05 bits per heavy atom. The molecule has 0 aromatic carbocycles. The second kappa shape index (κ2) is 47.1. The quantitative estimate of drug-likeness (QED) is 0.0264. The Balaban J connectivity index is 4.42. The first-order valence-corrected chi connectivity index (χ1v) is 24.6. The summed E-state index contributed by atoms with van der Waals surface area (Å²) >= 11 is 0. The molecule has 6 nitrogen and oxygen atoms in total. The molecule has 0 spiro atoms. The molecular formula is C52H92O6. The number of ether oxygens (including phenoxy) is 3. The van der Waals surface area contributed by atoms with Crippen LogP contribution in [0.1, 0.15) is 245 Å². The van der Waals surface area contributed by atoms with Crippen molar-refractivity contribution in [2.24, 2.45) is 0 Å². The number of hydrogen-bond acceptors (Lipinski definition) is 6. The highest BCUT2D eigenvalue weighted by Crippen LogP contribution is 2.15. The number of unbranched alkanes of at least 4 members (excludes halogenated alkanes) is 25. The van der Waals surface area contributed by atoms with Gasteiger partial charge in [0.2, 0.25) is 0 Å². The highest BCUT2D eigenvalue weighted by Gasteiger charge is 2.19. The molecule has 0 aliphatic rings. The maximum absolute atomic E-state index is 12.8. The van der Waals surface area contributed by atoms with Crippen LogP contribution >= 0.6 is 0 Å². The van der Waals surface area contributed by atoms with Crippen LogP contribution in [0.2, 0.25) is 0 Å². The lowest BCUT2D eigenvalue weighted by Gasteiger charge is -2.18. The summed E-state index contributed by atoms with van der Waals surface area (Å²) in [5.41, 5.74) is 0. The largest absolute Gasteiger partial charge is 0.462 e. The van der Waals surface area contributed by atoms with E-state index in [1.165, 1.54) is 122 Å². The zero-order valence-electron chi connectivity index (χ0n) is 38.3. The SMILES string of the molecule is CC/C=C\C/C=C\C/C=C\C/C=C\CCCCC(=O)OCC(COC(=O)CCCCCCCCCCCCCC)OC(=O)CCCCCCCCCCCCCCC. The third-order valence-electron chi connectivity index (χ3n) is 10.6. The second-order valence-electron chi connectivity index (χ2n) is 16.4. The molecule has 1 unspecified atom stereocenters. The maximum atomic E-state index is 12.8. The first-order valence-electron chi connectivity index (χ1n) is 24.6. The van der Waals surface area contributed by atoms with Gasteiger partial charge >= 0.3 is 17.9 Å². The van der Waals surface area contributed by atoms with E-state index in [4.69, 9.17) is 14.2 Å². The van der Waals surface area contributed by atoms with E-state index in [1.54, 1.807) is 0 Å². The zero-order valence-corrected chi connectivity index (χ0v) is 38.3. The van der Waals surface area contributed by atoms with Crippen LogP contribution in [0.3, 0.4) is 0 Å². The summed E-state index contributed by atoms with van der Waals surface area (Å²) in [7, 11) is 0. The average Bonchev–Trinajstić information content (AvgIpc) is 3.22. The summed E-state index contributed by atoms with van der Waals surface area (Å²) < 4.78 is 16.7.